The van der Waals surface area contributed by atoms with Crippen LogP contribution >= 0.6 is 0 Å². The van der Waals surface area contributed by atoms with Gasteiger partial charge in [-0.15, -0.1) is 0 Å². The number of allylic oxidation sites excluding steroid dienone is 3. The molecule has 0 heterocycles. The number of ether oxygens (including phenoxy) is 1. The molecule has 0 N–H and O–H groups in total. The summed E-state index contributed by atoms with van der Waals surface area (Å²) in [4.78, 5) is 11.0. The highest BCUT2D eigenvalue weighted by molar-refractivity contribution is 5.75. The van der Waals surface area contributed by atoms with Crippen LogP contribution in [0.1, 0.15) is 13.3 Å². The van der Waals surface area contributed by atoms with E-state index in [1.165, 1.54) is 12.7 Å². The van der Waals surface area contributed by atoms with Crippen LogP contribution in [0.3, 0.4) is 0 Å². The molecule has 0 bridgehead atoms. The first-order valence-corrected chi connectivity index (χ1v) is 3.66. The van der Waals surface area contributed by atoms with Crippen molar-refractivity contribution in [2.45, 2.75) is 13.3 Å². The van der Waals surface area contributed by atoms with Crippen LogP contribution in [0.2, 0.25) is 0 Å². The van der Waals surface area contributed by atoms with Gasteiger partial charge in [0.25, 0.3) is 0 Å². The molecule has 0 spiro atoms. The molecule has 0 saturated heterocycles. The van der Waals surface area contributed by atoms with E-state index in [0.717, 1.165) is 6.42 Å². The third-order valence-electron chi connectivity index (χ3n) is 1.77. The lowest BCUT2D eigenvalue weighted by Crippen LogP contribution is -2.15. The van der Waals surface area contributed by atoms with Crippen LogP contribution in [0.4, 0.5) is 0 Å². The predicted molar refractivity (Wildman–Crippen MR) is 43.0 cm³/mol. The molecule has 1 atom stereocenters. The normalized spacial score (nSPS) is 22.7. The predicted octanol–water partition coefficient (Wildman–Crippen LogP) is 1.68. The molecule has 2 nitrogen and oxygen atoms in total. The van der Waals surface area contributed by atoms with E-state index in [-0.39, 0.29) is 11.9 Å². The number of esters is 1. The fourth-order valence-corrected chi connectivity index (χ4v) is 1.15. The average Bonchev–Trinajstić information content (AvgIpc) is 2.03. The molecular weight excluding hydrogens is 140 g/mol. The van der Waals surface area contributed by atoms with Gasteiger partial charge in [0, 0.05) is 0 Å². The van der Waals surface area contributed by atoms with E-state index >= 15 is 0 Å². The van der Waals surface area contributed by atoms with Crippen LogP contribution in [0.25, 0.3) is 0 Å². The van der Waals surface area contributed by atoms with Gasteiger partial charge in [0.1, 0.15) is 0 Å². The number of hydrogen-bond acceptors (Lipinski definition) is 2. The van der Waals surface area contributed by atoms with Gasteiger partial charge in [0.2, 0.25) is 0 Å². The highest BCUT2D eigenvalue weighted by Gasteiger charge is 2.17. The van der Waals surface area contributed by atoms with Crippen molar-refractivity contribution in [3.05, 3.63) is 23.8 Å². The van der Waals surface area contributed by atoms with Gasteiger partial charge in [-0.1, -0.05) is 23.8 Å². The van der Waals surface area contributed by atoms with Gasteiger partial charge in [0.15, 0.2) is 0 Å². The van der Waals surface area contributed by atoms with E-state index in [2.05, 4.69) is 4.74 Å². The summed E-state index contributed by atoms with van der Waals surface area (Å²) >= 11 is 0. The molecule has 0 aromatic heterocycles. The van der Waals surface area contributed by atoms with Gasteiger partial charge in [-0.3, -0.25) is 4.79 Å². The zero-order valence-corrected chi connectivity index (χ0v) is 6.83. The molecule has 0 aromatic rings. The Bertz CT molecular complexity index is 214. The summed E-state index contributed by atoms with van der Waals surface area (Å²) in [5.41, 5.74) is 1.22. The highest BCUT2D eigenvalue weighted by Crippen LogP contribution is 2.18. The summed E-state index contributed by atoms with van der Waals surface area (Å²) in [6.07, 6.45) is 6.59. The fraction of sp³-hybridized carbons (Fsp3) is 0.444. The Kier molecular flexibility index (Phi) is 2.47. The van der Waals surface area contributed by atoms with E-state index < -0.39 is 0 Å². The smallest absolute Gasteiger partial charge is 0.312 e. The molecule has 1 aliphatic rings. The van der Waals surface area contributed by atoms with Crippen molar-refractivity contribution >= 4 is 5.97 Å². The maximum Gasteiger partial charge on any atom is 0.312 e. The average molecular weight is 152 g/mol. The van der Waals surface area contributed by atoms with Gasteiger partial charge in [0.05, 0.1) is 13.0 Å². The monoisotopic (exact) mass is 152 g/mol. The third kappa shape index (κ3) is 1.93. The van der Waals surface area contributed by atoms with Crippen molar-refractivity contribution in [2.24, 2.45) is 5.92 Å². The standard InChI is InChI=1S/C9H12O2/c1-7-4-3-5-8(6-7)9(10)11-2/h3-5,8H,6H2,1-2H3. The molecule has 0 amide bonds. The first kappa shape index (κ1) is 8.05. The van der Waals surface area contributed by atoms with Crippen LogP contribution in [-0.2, 0) is 9.53 Å². The topological polar surface area (TPSA) is 26.3 Å². The summed E-state index contributed by atoms with van der Waals surface area (Å²) in [5.74, 6) is -0.210. The Morgan fingerprint density at radius 3 is 3.00 bits per heavy atom. The van der Waals surface area contributed by atoms with Crippen LogP contribution in [0, 0.1) is 5.92 Å². The Morgan fingerprint density at radius 1 is 1.73 bits per heavy atom. The quantitative estimate of drug-likeness (QED) is 0.534. The number of rotatable bonds is 1. The zero-order chi connectivity index (χ0) is 8.27. The first-order valence-electron chi connectivity index (χ1n) is 3.66. The van der Waals surface area contributed by atoms with Crippen molar-refractivity contribution in [2.75, 3.05) is 7.11 Å². The summed E-state index contributed by atoms with van der Waals surface area (Å²) in [7, 11) is 1.42. The maximum atomic E-state index is 11.0. The van der Waals surface area contributed by atoms with E-state index in [9.17, 15) is 4.79 Å². The summed E-state index contributed by atoms with van der Waals surface area (Å²) in [5, 5.41) is 0. The van der Waals surface area contributed by atoms with E-state index in [4.69, 9.17) is 0 Å². The molecule has 1 aliphatic carbocycles. The largest absolute Gasteiger partial charge is 0.469 e. The van der Waals surface area contributed by atoms with Gasteiger partial charge in [-0.2, -0.15) is 0 Å². The minimum absolute atomic E-state index is 0.0648. The lowest BCUT2D eigenvalue weighted by molar-refractivity contribution is -0.143. The lowest BCUT2D eigenvalue weighted by Gasteiger charge is -2.12. The number of hydrogen-bond donors (Lipinski definition) is 0. The second-order valence-corrected chi connectivity index (χ2v) is 2.73. The molecule has 2 heteroatoms. The van der Waals surface area contributed by atoms with Crippen molar-refractivity contribution < 1.29 is 9.53 Å². The van der Waals surface area contributed by atoms with E-state index in [1.54, 1.807) is 0 Å². The molecule has 0 saturated carbocycles. The Hall–Kier alpha value is -1.05. The lowest BCUT2D eigenvalue weighted by atomic mass is 9.95. The van der Waals surface area contributed by atoms with Gasteiger partial charge in [-0.25, -0.2) is 0 Å². The Balaban J connectivity index is 2.59. The van der Waals surface area contributed by atoms with E-state index in [0.29, 0.717) is 0 Å². The van der Waals surface area contributed by atoms with Crippen LogP contribution < -0.4 is 0 Å². The number of carbonyl (C=O) groups is 1. The van der Waals surface area contributed by atoms with Gasteiger partial charge < -0.3 is 4.74 Å². The molecule has 11 heavy (non-hydrogen) atoms. The van der Waals surface area contributed by atoms with Gasteiger partial charge >= 0.3 is 5.97 Å². The molecule has 0 aliphatic heterocycles. The molecular formula is C9H12O2. The van der Waals surface area contributed by atoms with Gasteiger partial charge in [-0.05, 0) is 13.3 Å². The summed E-state index contributed by atoms with van der Waals surface area (Å²) < 4.78 is 4.62. The van der Waals surface area contributed by atoms with Crippen LogP contribution in [0.5, 0.6) is 0 Å². The second-order valence-electron chi connectivity index (χ2n) is 2.73. The van der Waals surface area contributed by atoms with Crippen molar-refractivity contribution in [1.29, 1.82) is 0 Å². The third-order valence-corrected chi connectivity index (χ3v) is 1.77. The number of methoxy groups -OCH3 is 1. The molecule has 0 aromatic carbocycles. The Labute approximate surface area is 66.5 Å². The highest BCUT2D eigenvalue weighted by atomic mass is 16.5. The van der Waals surface area contributed by atoms with Crippen LogP contribution in [0.15, 0.2) is 23.8 Å². The number of carbonyl (C=O) groups excluding carboxylic acids is 1. The SMILES string of the molecule is COC(=O)C1C=CC=C(C)C1. The van der Waals surface area contributed by atoms with Crippen molar-refractivity contribution in [3.63, 3.8) is 0 Å². The minimum atomic E-state index is -0.145. The van der Waals surface area contributed by atoms with Crippen molar-refractivity contribution in [1.82, 2.24) is 0 Å². The second kappa shape index (κ2) is 3.37. The molecule has 60 valence electrons. The zero-order valence-electron chi connectivity index (χ0n) is 6.83. The van der Waals surface area contributed by atoms with Crippen molar-refractivity contribution in [3.8, 4) is 0 Å². The molecule has 1 rings (SSSR count). The van der Waals surface area contributed by atoms with Crippen LogP contribution in [-0.4, -0.2) is 13.1 Å². The Morgan fingerprint density at radius 2 is 2.45 bits per heavy atom. The minimum Gasteiger partial charge on any atom is -0.469 e. The molecule has 1 unspecified atom stereocenters. The summed E-state index contributed by atoms with van der Waals surface area (Å²) in [6, 6.07) is 0. The molecule has 0 fully saturated rings. The fourth-order valence-electron chi connectivity index (χ4n) is 1.15. The first-order chi connectivity index (χ1) is 5.24. The summed E-state index contributed by atoms with van der Waals surface area (Å²) in [6.45, 7) is 2.01. The molecule has 0 radical (unpaired) electrons. The van der Waals surface area contributed by atoms with E-state index in [1.807, 2.05) is 25.2 Å². The maximum absolute atomic E-state index is 11.0.